The zero-order chi connectivity index (χ0) is 11.8. The van der Waals surface area contributed by atoms with Gasteiger partial charge in [0.15, 0.2) is 11.5 Å². The highest BCUT2D eigenvalue weighted by Gasteiger charge is 2.33. The van der Waals surface area contributed by atoms with Crippen LogP contribution in [0.4, 0.5) is 4.39 Å². The summed E-state index contributed by atoms with van der Waals surface area (Å²) in [5.41, 5.74) is -1.09. The molecule has 0 aliphatic heterocycles. The molecule has 3 nitrogen and oxygen atoms in total. The van der Waals surface area contributed by atoms with Crippen LogP contribution in [0.3, 0.4) is 0 Å². The molecule has 16 heavy (non-hydrogen) atoms. The van der Waals surface area contributed by atoms with Gasteiger partial charge in [0.25, 0.3) is 0 Å². The van der Waals surface area contributed by atoms with E-state index in [9.17, 15) is 4.39 Å². The number of alkyl halides is 1. The number of rotatable bonds is 2. The third-order valence-electron chi connectivity index (χ3n) is 2.50. The highest BCUT2D eigenvalue weighted by molar-refractivity contribution is 9.10. The highest BCUT2D eigenvalue weighted by atomic mass is 79.9. The fourth-order valence-corrected chi connectivity index (χ4v) is 2.02. The zero-order valence-corrected chi connectivity index (χ0v) is 10.6. The van der Waals surface area contributed by atoms with E-state index in [1.165, 1.54) is 13.3 Å². The van der Waals surface area contributed by atoms with Crippen molar-refractivity contribution in [2.45, 2.75) is 12.6 Å². The van der Waals surface area contributed by atoms with Crippen molar-refractivity contribution in [1.82, 2.24) is 14.8 Å². The molecule has 0 saturated carbocycles. The minimum absolute atomic E-state index is 0.297. The minimum atomic E-state index is -1.64. The Hall–Kier alpha value is -1.23. The Morgan fingerprint density at radius 2 is 2.19 bits per heavy atom. The first-order chi connectivity index (χ1) is 7.51. The standard InChI is InChI=1S/C11H11BrFN3/c1-11(13,10-15-14-7-16(10)2)8-4-3-5-9(12)6-8/h3-7H,1-2H3. The Labute approximate surface area is 101 Å². The molecule has 0 amide bonds. The van der Waals surface area contributed by atoms with Crippen molar-refractivity contribution in [2.75, 3.05) is 0 Å². The van der Waals surface area contributed by atoms with Crippen molar-refractivity contribution in [3.8, 4) is 0 Å². The summed E-state index contributed by atoms with van der Waals surface area (Å²) in [7, 11) is 1.73. The molecule has 0 radical (unpaired) electrons. The average molecular weight is 284 g/mol. The Morgan fingerprint density at radius 3 is 2.75 bits per heavy atom. The predicted molar refractivity (Wildman–Crippen MR) is 62.7 cm³/mol. The van der Waals surface area contributed by atoms with E-state index >= 15 is 0 Å². The van der Waals surface area contributed by atoms with Crippen LogP contribution >= 0.6 is 15.9 Å². The number of aromatic nitrogens is 3. The van der Waals surface area contributed by atoms with Crippen molar-refractivity contribution in [2.24, 2.45) is 7.05 Å². The molecule has 0 N–H and O–H groups in total. The molecule has 2 rings (SSSR count). The topological polar surface area (TPSA) is 30.7 Å². The highest BCUT2D eigenvalue weighted by Crippen LogP contribution is 2.32. The Kier molecular flexibility index (Phi) is 2.80. The molecule has 5 heteroatoms. The van der Waals surface area contributed by atoms with Gasteiger partial charge in [-0.05, 0) is 24.6 Å². The van der Waals surface area contributed by atoms with Gasteiger partial charge in [-0.15, -0.1) is 10.2 Å². The van der Waals surface area contributed by atoms with E-state index in [0.717, 1.165) is 4.47 Å². The van der Waals surface area contributed by atoms with E-state index in [-0.39, 0.29) is 0 Å². The van der Waals surface area contributed by atoms with Crippen molar-refractivity contribution < 1.29 is 4.39 Å². The van der Waals surface area contributed by atoms with Crippen LogP contribution in [0.25, 0.3) is 0 Å². The van der Waals surface area contributed by atoms with Crippen LogP contribution in [0, 0.1) is 0 Å². The molecule has 1 aromatic carbocycles. The van der Waals surface area contributed by atoms with Gasteiger partial charge in [0, 0.05) is 11.5 Å². The molecular formula is C11H11BrFN3. The molecule has 0 bridgehead atoms. The molecule has 0 aliphatic rings. The molecule has 1 unspecified atom stereocenters. The lowest BCUT2D eigenvalue weighted by Gasteiger charge is -2.19. The number of nitrogens with zero attached hydrogens (tertiary/aromatic N) is 3. The van der Waals surface area contributed by atoms with Gasteiger partial charge in [0.1, 0.15) is 6.33 Å². The van der Waals surface area contributed by atoms with Gasteiger partial charge in [0.05, 0.1) is 0 Å². The van der Waals surface area contributed by atoms with Crippen molar-refractivity contribution in [3.05, 3.63) is 46.5 Å². The normalized spacial score (nSPS) is 14.8. The lowest BCUT2D eigenvalue weighted by molar-refractivity contribution is 0.229. The number of hydrogen-bond acceptors (Lipinski definition) is 2. The van der Waals surface area contributed by atoms with E-state index in [4.69, 9.17) is 0 Å². The van der Waals surface area contributed by atoms with Crippen molar-refractivity contribution >= 4 is 15.9 Å². The number of hydrogen-bond donors (Lipinski definition) is 0. The molecule has 0 spiro atoms. The molecule has 1 atom stereocenters. The fourth-order valence-electron chi connectivity index (χ4n) is 1.62. The summed E-state index contributed by atoms with van der Waals surface area (Å²) in [6.45, 7) is 1.48. The molecule has 2 aromatic rings. The first kappa shape index (κ1) is 11.3. The second-order valence-corrected chi connectivity index (χ2v) is 4.69. The Balaban J connectivity index is 2.51. The third-order valence-corrected chi connectivity index (χ3v) is 2.99. The minimum Gasteiger partial charge on any atom is -0.318 e. The summed E-state index contributed by atoms with van der Waals surface area (Å²) >= 11 is 3.33. The van der Waals surface area contributed by atoms with E-state index in [1.807, 2.05) is 6.07 Å². The number of benzene rings is 1. The molecule has 84 valence electrons. The van der Waals surface area contributed by atoms with Crippen molar-refractivity contribution in [3.63, 3.8) is 0 Å². The quantitative estimate of drug-likeness (QED) is 0.849. The van der Waals surface area contributed by atoms with Crippen LogP contribution in [-0.2, 0) is 12.7 Å². The van der Waals surface area contributed by atoms with Crippen LogP contribution in [0.15, 0.2) is 35.1 Å². The maximum atomic E-state index is 14.7. The smallest absolute Gasteiger partial charge is 0.192 e. The van der Waals surface area contributed by atoms with Crippen LogP contribution in [-0.4, -0.2) is 14.8 Å². The maximum Gasteiger partial charge on any atom is 0.192 e. The molecule has 1 heterocycles. The maximum absolute atomic E-state index is 14.7. The lowest BCUT2D eigenvalue weighted by Crippen LogP contribution is -2.21. The van der Waals surface area contributed by atoms with E-state index in [1.54, 1.807) is 29.8 Å². The molecule has 0 saturated heterocycles. The molecule has 0 aliphatic carbocycles. The second kappa shape index (κ2) is 3.97. The largest absolute Gasteiger partial charge is 0.318 e. The van der Waals surface area contributed by atoms with E-state index < -0.39 is 5.67 Å². The van der Waals surface area contributed by atoms with Crippen LogP contribution < -0.4 is 0 Å². The summed E-state index contributed by atoms with van der Waals surface area (Å²) in [6, 6.07) is 7.14. The summed E-state index contributed by atoms with van der Waals surface area (Å²) in [5, 5.41) is 7.51. The van der Waals surface area contributed by atoms with E-state index in [2.05, 4.69) is 26.1 Å². The first-order valence-electron chi connectivity index (χ1n) is 4.81. The predicted octanol–water partition coefficient (Wildman–Crippen LogP) is 2.81. The van der Waals surface area contributed by atoms with Crippen LogP contribution in [0.2, 0.25) is 0 Å². The third kappa shape index (κ3) is 1.87. The monoisotopic (exact) mass is 283 g/mol. The van der Waals surface area contributed by atoms with Gasteiger partial charge in [-0.25, -0.2) is 4.39 Å². The fraction of sp³-hybridized carbons (Fsp3) is 0.273. The second-order valence-electron chi connectivity index (χ2n) is 3.78. The van der Waals surface area contributed by atoms with E-state index in [0.29, 0.717) is 11.4 Å². The average Bonchev–Trinajstić information content (AvgIpc) is 2.65. The Morgan fingerprint density at radius 1 is 1.44 bits per heavy atom. The summed E-state index contributed by atoms with van der Waals surface area (Å²) in [4.78, 5) is 0. The van der Waals surface area contributed by atoms with Crippen LogP contribution in [0.5, 0.6) is 0 Å². The Bertz CT molecular complexity index is 507. The summed E-state index contributed by atoms with van der Waals surface area (Å²) < 4.78 is 17.1. The molecule has 0 fully saturated rings. The van der Waals surface area contributed by atoms with Gasteiger partial charge >= 0.3 is 0 Å². The lowest BCUT2D eigenvalue weighted by atomic mass is 9.97. The SMILES string of the molecule is Cn1cnnc1C(C)(F)c1cccc(Br)c1. The summed E-state index contributed by atoms with van der Waals surface area (Å²) in [5.74, 6) is 0.297. The molecule has 1 aromatic heterocycles. The van der Waals surface area contributed by atoms with Gasteiger partial charge < -0.3 is 4.57 Å². The number of halogens is 2. The van der Waals surface area contributed by atoms with Crippen molar-refractivity contribution in [1.29, 1.82) is 0 Å². The summed E-state index contributed by atoms with van der Waals surface area (Å²) in [6.07, 6.45) is 1.49. The van der Waals surface area contributed by atoms with Gasteiger partial charge in [-0.2, -0.15) is 0 Å². The molecular weight excluding hydrogens is 273 g/mol. The zero-order valence-electron chi connectivity index (χ0n) is 8.98. The van der Waals surface area contributed by atoms with Gasteiger partial charge in [0.2, 0.25) is 0 Å². The van der Waals surface area contributed by atoms with Gasteiger partial charge in [-0.1, -0.05) is 28.1 Å². The number of aryl methyl sites for hydroxylation is 1. The van der Waals surface area contributed by atoms with Gasteiger partial charge in [-0.3, -0.25) is 0 Å². The first-order valence-corrected chi connectivity index (χ1v) is 5.60. The van der Waals surface area contributed by atoms with Crippen LogP contribution in [0.1, 0.15) is 18.3 Å².